The van der Waals surface area contributed by atoms with Gasteiger partial charge in [-0.1, -0.05) is 18.2 Å². The Morgan fingerprint density at radius 3 is 2.91 bits per heavy atom. The Balaban J connectivity index is 2.01. The molecule has 3 N–H and O–H groups in total. The quantitative estimate of drug-likeness (QED) is 0.689. The highest BCUT2D eigenvalue weighted by Crippen LogP contribution is 2.27. The summed E-state index contributed by atoms with van der Waals surface area (Å²) < 4.78 is 0. The summed E-state index contributed by atoms with van der Waals surface area (Å²) in [4.78, 5) is 31.9. The maximum absolute atomic E-state index is 12.5. The van der Waals surface area contributed by atoms with Crippen molar-refractivity contribution in [1.29, 1.82) is 0 Å². The number of aliphatic hydroxyl groups is 1. The molecular weight excluding hydrogens is 302 g/mol. The molecule has 22 heavy (non-hydrogen) atoms. The lowest BCUT2D eigenvalue weighted by Crippen LogP contribution is -2.13. The second-order valence-corrected chi connectivity index (χ2v) is 5.74. The SMILES string of the molecule is Cc1c(C(=O)Nc2ccccc2CO)sc2nc[nH]c(=O)c12. The minimum absolute atomic E-state index is 0.164. The normalized spacial score (nSPS) is 10.8. The molecule has 0 aliphatic heterocycles. The van der Waals surface area contributed by atoms with E-state index in [4.69, 9.17) is 0 Å². The van der Waals surface area contributed by atoms with Gasteiger partial charge in [-0.25, -0.2) is 4.98 Å². The van der Waals surface area contributed by atoms with Gasteiger partial charge in [-0.2, -0.15) is 0 Å². The van der Waals surface area contributed by atoms with Crippen molar-refractivity contribution in [2.75, 3.05) is 5.32 Å². The number of hydrogen-bond donors (Lipinski definition) is 3. The van der Waals surface area contributed by atoms with Crippen molar-refractivity contribution in [3.05, 3.63) is 57.0 Å². The molecule has 112 valence electrons. The van der Waals surface area contributed by atoms with E-state index >= 15 is 0 Å². The van der Waals surface area contributed by atoms with E-state index < -0.39 is 0 Å². The molecule has 0 saturated heterocycles. The number of amides is 1. The zero-order valence-corrected chi connectivity index (χ0v) is 12.5. The van der Waals surface area contributed by atoms with Crippen LogP contribution in [0.4, 0.5) is 5.69 Å². The Kier molecular flexibility index (Phi) is 3.74. The van der Waals surface area contributed by atoms with E-state index in [9.17, 15) is 14.7 Å². The molecule has 1 aromatic carbocycles. The number of anilines is 1. The van der Waals surface area contributed by atoms with Crippen LogP contribution in [-0.2, 0) is 6.61 Å². The second-order valence-electron chi connectivity index (χ2n) is 4.74. The number of aliphatic hydroxyl groups excluding tert-OH is 1. The number of rotatable bonds is 3. The van der Waals surface area contributed by atoms with E-state index in [0.717, 1.165) is 0 Å². The third-order valence-electron chi connectivity index (χ3n) is 3.37. The van der Waals surface area contributed by atoms with E-state index in [0.29, 0.717) is 31.9 Å². The number of para-hydroxylation sites is 1. The van der Waals surface area contributed by atoms with Crippen LogP contribution in [0, 0.1) is 6.92 Å². The molecule has 1 amide bonds. The van der Waals surface area contributed by atoms with E-state index in [1.807, 2.05) is 0 Å². The maximum atomic E-state index is 12.5. The van der Waals surface area contributed by atoms with Crippen LogP contribution < -0.4 is 10.9 Å². The van der Waals surface area contributed by atoms with E-state index in [1.54, 1.807) is 31.2 Å². The summed E-state index contributed by atoms with van der Waals surface area (Å²) in [5.41, 5.74) is 1.53. The molecule has 0 unspecified atom stereocenters. The van der Waals surface area contributed by atoms with Crippen LogP contribution in [0.1, 0.15) is 20.8 Å². The third kappa shape index (κ3) is 2.40. The van der Waals surface area contributed by atoms with Crippen molar-refractivity contribution < 1.29 is 9.90 Å². The minimum atomic E-state index is -0.319. The summed E-state index contributed by atoms with van der Waals surface area (Å²) in [5.74, 6) is -0.319. The summed E-state index contributed by atoms with van der Waals surface area (Å²) >= 11 is 1.17. The van der Waals surface area contributed by atoms with E-state index in [2.05, 4.69) is 15.3 Å². The summed E-state index contributed by atoms with van der Waals surface area (Å²) in [6.45, 7) is 1.56. The molecule has 0 bridgehead atoms. The van der Waals surface area contributed by atoms with Gasteiger partial charge in [-0.15, -0.1) is 11.3 Å². The lowest BCUT2D eigenvalue weighted by atomic mass is 10.1. The molecule has 0 saturated carbocycles. The molecule has 0 aliphatic carbocycles. The average Bonchev–Trinajstić information content (AvgIpc) is 2.86. The molecule has 7 heteroatoms. The number of nitrogens with one attached hydrogen (secondary N) is 2. The Morgan fingerprint density at radius 1 is 1.41 bits per heavy atom. The fraction of sp³-hybridized carbons (Fsp3) is 0.133. The Hall–Kier alpha value is -2.51. The van der Waals surface area contributed by atoms with Crippen molar-refractivity contribution >= 4 is 33.1 Å². The molecule has 0 spiro atoms. The van der Waals surface area contributed by atoms with Gasteiger partial charge in [0, 0.05) is 11.3 Å². The topological polar surface area (TPSA) is 95.1 Å². The van der Waals surface area contributed by atoms with Crippen molar-refractivity contribution in [3.8, 4) is 0 Å². The van der Waals surface area contributed by atoms with Crippen molar-refractivity contribution in [3.63, 3.8) is 0 Å². The molecule has 0 radical (unpaired) electrons. The number of benzene rings is 1. The standard InChI is InChI=1S/C15H13N3O3S/c1-8-11-13(20)16-7-17-15(11)22-12(8)14(21)18-10-5-3-2-4-9(10)6-19/h2-5,7,19H,6H2,1H3,(H,18,21)(H,16,17,20). The molecule has 2 heterocycles. The van der Waals surface area contributed by atoms with Crippen molar-refractivity contribution in [1.82, 2.24) is 9.97 Å². The fourth-order valence-electron chi connectivity index (χ4n) is 2.25. The van der Waals surface area contributed by atoms with Gasteiger partial charge < -0.3 is 15.4 Å². The zero-order valence-electron chi connectivity index (χ0n) is 11.7. The Bertz CT molecular complexity index is 914. The number of aryl methyl sites for hydroxylation is 1. The summed E-state index contributed by atoms with van der Waals surface area (Å²) in [7, 11) is 0. The number of hydrogen-bond acceptors (Lipinski definition) is 5. The highest BCUT2D eigenvalue weighted by atomic mass is 32.1. The van der Waals surface area contributed by atoms with Gasteiger partial charge in [0.1, 0.15) is 4.83 Å². The number of aromatic nitrogens is 2. The number of carbonyl (C=O) groups is 1. The average molecular weight is 315 g/mol. The number of nitrogens with zero attached hydrogens (tertiary/aromatic N) is 1. The molecule has 6 nitrogen and oxygen atoms in total. The number of thiophene rings is 1. The number of fused-ring (bicyclic) bond motifs is 1. The van der Waals surface area contributed by atoms with Crippen LogP contribution in [0.15, 0.2) is 35.4 Å². The first-order valence-corrected chi connectivity index (χ1v) is 7.40. The van der Waals surface area contributed by atoms with Crippen LogP contribution in [0.3, 0.4) is 0 Å². The number of aromatic amines is 1. The van der Waals surface area contributed by atoms with Crippen LogP contribution in [0.5, 0.6) is 0 Å². The van der Waals surface area contributed by atoms with Gasteiger partial charge in [-0.05, 0) is 18.6 Å². The fourth-order valence-corrected chi connectivity index (χ4v) is 3.30. The number of carbonyl (C=O) groups excluding carboxylic acids is 1. The van der Waals surface area contributed by atoms with Gasteiger partial charge in [0.2, 0.25) is 0 Å². The lowest BCUT2D eigenvalue weighted by Gasteiger charge is -2.08. The van der Waals surface area contributed by atoms with Gasteiger partial charge >= 0.3 is 0 Å². The van der Waals surface area contributed by atoms with Gasteiger partial charge in [0.05, 0.1) is 23.2 Å². The summed E-state index contributed by atoms with van der Waals surface area (Å²) in [6.07, 6.45) is 1.32. The van der Waals surface area contributed by atoms with E-state index in [1.165, 1.54) is 17.7 Å². The van der Waals surface area contributed by atoms with Crippen LogP contribution in [0.25, 0.3) is 10.2 Å². The highest BCUT2D eigenvalue weighted by Gasteiger charge is 2.18. The van der Waals surface area contributed by atoms with Crippen LogP contribution in [-0.4, -0.2) is 21.0 Å². The maximum Gasteiger partial charge on any atom is 0.266 e. The first kappa shape index (κ1) is 14.4. The van der Waals surface area contributed by atoms with Gasteiger partial charge in [0.25, 0.3) is 11.5 Å². The molecule has 3 aromatic rings. The zero-order chi connectivity index (χ0) is 15.7. The molecular formula is C15H13N3O3S. The third-order valence-corrected chi connectivity index (χ3v) is 4.57. The minimum Gasteiger partial charge on any atom is -0.392 e. The van der Waals surface area contributed by atoms with Crippen molar-refractivity contribution in [2.45, 2.75) is 13.5 Å². The first-order valence-electron chi connectivity index (χ1n) is 6.58. The smallest absolute Gasteiger partial charge is 0.266 e. The first-order chi connectivity index (χ1) is 10.6. The van der Waals surface area contributed by atoms with Crippen molar-refractivity contribution in [2.24, 2.45) is 0 Å². The molecule has 0 aliphatic rings. The number of H-pyrrole nitrogens is 1. The van der Waals surface area contributed by atoms with Crippen LogP contribution >= 0.6 is 11.3 Å². The summed E-state index contributed by atoms with van der Waals surface area (Å²) in [5, 5.41) is 12.5. The van der Waals surface area contributed by atoms with E-state index in [-0.39, 0.29) is 18.1 Å². The largest absolute Gasteiger partial charge is 0.392 e. The Morgan fingerprint density at radius 2 is 2.18 bits per heavy atom. The lowest BCUT2D eigenvalue weighted by molar-refractivity contribution is 0.103. The molecule has 0 fully saturated rings. The predicted molar refractivity (Wildman–Crippen MR) is 85.3 cm³/mol. The summed E-state index contributed by atoms with van der Waals surface area (Å²) in [6, 6.07) is 7.02. The Labute approximate surface area is 129 Å². The highest BCUT2D eigenvalue weighted by molar-refractivity contribution is 7.20. The van der Waals surface area contributed by atoms with Gasteiger partial charge in [0.15, 0.2) is 0 Å². The second kappa shape index (κ2) is 5.70. The van der Waals surface area contributed by atoms with Crippen LogP contribution in [0.2, 0.25) is 0 Å². The molecule has 2 aromatic heterocycles. The van der Waals surface area contributed by atoms with Gasteiger partial charge in [-0.3, -0.25) is 9.59 Å². The molecule has 3 rings (SSSR count). The molecule has 0 atom stereocenters. The monoisotopic (exact) mass is 315 g/mol. The predicted octanol–water partition coefficient (Wildman–Crippen LogP) is 2.04.